The average molecular weight is 267 g/mol. The predicted octanol–water partition coefficient (Wildman–Crippen LogP) is 2.85. The van der Waals surface area contributed by atoms with Crippen molar-refractivity contribution < 1.29 is 4.79 Å². The summed E-state index contributed by atoms with van der Waals surface area (Å²) in [6.07, 6.45) is 6.10. The zero-order valence-electron chi connectivity index (χ0n) is 11.5. The van der Waals surface area contributed by atoms with Gasteiger partial charge in [0, 0.05) is 12.4 Å². The molecule has 20 heavy (non-hydrogen) atoms. The number of hydrogen-bond donors (Lipinski definition) is 1. The van der Waals surface area contributed by atoms with Crippen LogP contribution in [0.4, 0.5) is 5.95 Å². The molecule has 1 saturated carbocycles. The number of amides is 1. The molecule has 0 atom stereocenters. The summed E-state index contributed by atoms with van der Waals surface area (Å²) >= 11 is 0. The minimum Gasteiger partial charge on any atom is -0.294 e. The van der Waals surface area contributed by atoms with Crippen molar-refractivity contribution in [2.75, 3.05) is 5.32 Å². The lowest BCUT2D eigenvalue weighted by Crippen LogP contribution is -2.46. The van der Waals surface area contributed by atoms with E-state index in [-0.39, 0.29) is 5.91 Å². The molecule has 0 radical (unpaired) electrons. The highest BCUT2D eigenvalue weighted by Gasteiger charge is 2.45. The van der Waals surface area contributed by atoms with Crippen LogP contribution in [0.2, 0.25) is 0 Å². The fourth-order valence-electron chi connectivity index (χ4n) is 2.70. The summed E-state index contributed by atoms with van der Waals surface area (Å²) in [5.74, 6) is 0.372. The van der Waals surface area contributed by atoms with Gasteiger partial charge in [0.05, 0.1) is 5.41 Å². The lowest BCUT2D eigenvalue weighted by molar-refractivity contribution is -0.124. The van der Waals surface area contributed by atoms with Gasteiger partial charge in [-0.3, -0.25) is 10.1 Å². The SMILES string of the molecule is Cc1cccc(C2(C(=O)Nc3ncccn3)CCC2)c1. The number of anilines is 1. The Morgan fingerprint density at radius 2 is 1.95 bits per heavy atom. The fraction of sp³-hybridized carbons (Fsp3) is 0.312. The van der Waals surface area contributed by atoms with Crippen LogP contribution in [0.25, 0.3) is 0 Å². The van der Waals surface area contributed by atoms with Gasteiger partial charge in [-0.05, 0) is 31.4 Å². The molecule has 1 aromatic carbocycles. The number of nitrogens with zero attached hydrogens (tertiary/aromatic N) is 2. The van der Waals surface area contributed by atoms with Gasteiger partial charge >= 0.3 is 0 Å². The number of nitrogens with one attached hydrogen (secondary N) is 1. The molecule has 4 nitrogen and oxygen atoms in total. The van der Waals surface area contributed by atoms with Crippen molar-refractivity contribution in [3.05, 3.63) is 53.9 Å². The third-order valence-electron chi connectivity index (χ3n) is 4.00. The lowest BCUT2D eigenvalue weighted by atomic mass is 9.63. The Hall–Kier alpha value is -2.23. The third kappa shape index (κ3) is 2.18. The molecule has 1 fully saturated rings. The van der Waals surface area contributed by atoms with E-state index in [0.29, 0.717) is 5.95 Å². The van der Waals surface area contributed by atoms with Gasteiger partial charge in [-0.1, -0.05) is 36.2 Å². The summed E-state index contributed by atoms with van der Waals surface area (Å²) in [4.78, 5) is 20.8. The first kappa shape index (κ1) is 12.8. The second kappa shape index (κ2) is 5.04. The Kier molecular flexibility index (Phi) is 3.22. The number of carbonyl (C=O) groups excluding carboxylic acids is 1. The molecule has 1 amide bonds. The number of carbonyl (C=O) groups is 1. The molecular weight excluding hydrogens is 250 g/mol. The Morgan fingerprint density at radius 1 is 1.20 bits per heavy atom. The quantitative estimate of drug-likeness (QED) is 0.930. The van der Waals surface area contributed by atoms with Crippen LogP contribution < -0.4 is 5.32 Å². The maximum atomic E-state index is 12.6. The number of hydrogen-bond acceptors (Lipinski definition) is 3. The van der Waals surface area contributed by atoms with E-state index in [1.165, 1.54) is 5.56 Å². The van der Waals surface area contributed by atoms with Gasteiger partial charge in [0.15, 0.2) is 0 Å². The molecule has 0 spiro atoms. The van der Waals surface area contributed by atoms with Crippen LogP contribution in [-0.2, 0) is 10.2 Å². The molecule has 1 aliphatic carbocycles. The van der Waals surface area contributed by atoms with Gasteiger partial charge in [0.1, 0.15) is 0 Å². The van der Waals surface area contributed by atoms with Gasteiger partial charge in [-0.2, -0.15) is 0 Å². The average Bonchev–Trinajstić information content (AvgIpc) is 2.38. The highest BCUT2D eigenvalue weighted by molar-refractivity contribution is 5.98. The second-order valence-electron chi connectivity index (χ2n) is 5.33. The molecule has 0 saturated heterocycles. The van der Waals surface area contributed by atoms with E-state index < -0.39 is 5.41 Å². The lowest BCUT2D eigenvalue weighted by Gasteiger charge is -2.40. The van der Waals surface area contributed by atoms with Gasteiger partial charge < -0.3 is 0 Å². The highest BCUT2D eigenvalue weighted by atomic mass is 16.2. The molecule has 3 rings (SSSR count). The van der Waals surface area contributed by atoms with Gasteiger partial charge in [0.2, 0.25) is 11.9 Å². The Labute approximate surface area is 118 Å². The minimum absolute atomic E-state index is 0.000509. The highest BCUT2D eigenvalue weighted by Crippen LogP contribution is 2.44. The van der Waals surface area contributed by atoms with E-state index >= 15 is 0 Å². The van der Waals surface area contributed by atoms with E-state index in [9.17, 15) is 4.79 Å². The summed E-state index contributed by atoms with van der Waals surface area (Å²) in [7, 11) is 0. The van der Waals surface area contributed by atoms with E-state index in [4.69, 9.17) is 0 Å². The Morgan fingerprint density at radius 3 is 2.55 bits per heavy atom. The minimum atomic E-state index is -0.411. The second-order valence-corrected chi connectivity index (χ2v) is 5.33. The molecule has 1 N–H and O–H groups in total. The van der Waals surface area contributed by atoms with Crippen LogP contribution in [0.5, 0.6) is 0 Å². The maximum absolute atomic E-state index is 12.6. The molecule has 1 aromatic heterocycles. The van der Waals surface area contributed by atoms with Crippen LogP contribution in [-0.4, -0.2) is 15.9 Å². The molecule has 0 aliphatic heterocycles. The normalized spacial score (nSPS) is 16.2. The molecule has 2 aromatic rings. The Bertz CT molecular complexity index is 621. The molecule has 1 aliphatic rings. The van der Waals surface area contributed by atoms with E-state index in [2.05, 4.69) is 21.4 Å². The van der Waals surface area contributed by atoms with Crippen LogP contribution in [0, 0.1) is 6.92 Å². The summed E-state index contributed by atoms with van der Waals surface area (Å²) < 4.78 is 0. The third-order valence-corrected chi connectivity index (χ3v) is 4.00. The van der Waals surface area contributed by atoms with Crippen molar-refractivity contribution in [2.24, 2.45) is 0 Å². The number of rotatable bonds is 3. The standard InChI is InChI=1S/C16H17N3O/c1-12-5-2-6-13(11-12)16(7-3-8-16)14(20)19-15-17-9-4-10-18-15/h2,4-6,9-11H,3,7-8H2,1H3,(H,17,18,19,20). The predicted molar refractivity (Wildman–Crippen MR) is 77.4 cm³/mol. The molecule has 0 bridgehead atoms. The molecule has 1 heterocycles. The summed E-state index contributed by atoms with van der Waals surface area (Å²) in [5, 5.41) is 2.84. The maximum Gasteiger partial charge on any atom is 0.237 e. The number of aryl methyl sites for hydroxylation is 1. The van der Waals surface area contributed by atoms with E-state index in [1.807, 2.05) is 25.1 Å². The zero-order chi connectivity index (χ0) is 14.0. The smallest absolute Gasteiger partial charge is 0.237 e. The summed E-state index contributed by atoms with van der Waals surface area (Å²) in [6.45, 7) is 2.05. The van der Waals surface area contributed by atoms with Crippen molar-refractivity contribution in [1.82, 2.24) is 9.97 Å². The topological polar surface area (TPSA) is 54.9 Å². The van der Waals surface area contributed by atoms with Gasteiger partial charge in [-0.15, -0.1) is 0 Å². The first-order valence-electron chi connectivity index (χ1n) is 6.86. The van der Waals surface area contributed by atoms with Crippen molar-refractivity contribution in [3.63, 3.8) is 0 Å². The molecule has 0 unspecified atom stereocenters. The monoisotopic (exact) mass is 267 g/mol. The van der Waals surface area contributed by atoms with E-state index in [0.717, 1.165) is 24.8 Å². The van der Waals surface area contributed by atoms with Crippen LogP contribution in [0.15, 0.2) is 42.7 Å². The first-order valence-corrected chi connectivity index (χ1v) is 6.86. The van der Waals surface area contributed by atoms with Crippen LogP contribution >= 0.6 is 0 Å². The van der Waals surface area contributed by atoms with Crippen molar-refractivity contribution in [2.45, 2.75) is 31.6 Å². The molecule has 4 heteroatoms. The van der Waals surface area contributed by atoms with Crippen LogP contribution in [0.1, 0.15) is 30.4 Å². The summed E-state index contributed by atoms with van der Waals surface area (Å²) in [6, 6.07) is 9.93. The zero-order valence-corrected chi connectivity index (χ0v) is 11.5. The van der Waals surface area contributed by atoms with Gasteiger partial charge in [-0.25, -0.2) is 9.97 Å². The van der Waals surface area contributed by atoms with Crippen molar-refractivity contribution in [3.8, 4) is 0 Å². The van der Waals surface area contributed by atoms with Crippen molar-refractivity contribution in [1.29, 1.82) is 0 Å². The molecule has 102 valence electrons. The fourth-order valence-corrected chi connectivity index (χ4v) is 2.70. The van der Waals surface area contributed by atoms with Gasteiger partial charge in [0.25, 0.3) is 0 Å². The van der Waals surface area contributed by atoms with Crippen LogP contribution in [0.3, 0.4) is 0 Å². The number of aromatic nitrogens is 2. The summed E-state index contributed by atoms with van der Waals surface area (Å²) in [5.41, 5.74) is 1.86. The first-order chi connectivity index (χ1) is 9.71. The van der Waals surface area contributed by atoms with E-state index in [1.54, 1.807) is 18.5 Å². The molecular formula is C16H17N3O. The van der Waals surface area contributed by atoms with Crippen molar-refractivity contribution >= 4 is 11.9 Å². The Balaban J connectivity index is 1.87. The largest absolute Gasteiger partial charge is 0.294 e. The number of benzene rings is 1.